The number of hydrogen-bond acceptors (Lipinski definition) is 2. The van der Waals surface area contributed by atoms with E-state index in [4.69, 9.17) is 5.73 Å². The summed E-state index contributed by atoms with van der Waals surface area (Å²) in [5.41, 5.74) is 6.00. The predicted molar refractivity (Wildman–Crippen MR) is 57.8 cm³/mol. The van der Waals surface area contributed by atoms with E-state index in [1.807, 2.05) is 0 Å². The molecule has 0 aromatic heterocycles. The van der Waals surface area contributed by atoms with Gasteiger partial charge in [-0.15, -0.1) is 0 Å². The van der Waals surface area contributed by atoms with Crippen LogP contribution in [0.3, 0.4) is 0 Å². The van der Waals surface area contributed by atoms with Gasteiger partial charge < -0.3 is 10.8 Å². The molecule has 2 heteroatoms. The molecule has 0 amide bonds. The van der Waals surface area contributed by atoms with E-state index in [2.05, 4.69) is 13.8 Å². The molecule has 0 spiro atoms. The first kappa shape index (κ1) is 10.4. The quantitative estimate of drug-likeness (QED) is 0.724. The van der Waals surface area contributed by atoms with Gasteiger partial charge in [-0.1, -0.05) is 20.3 Å². The second kappa shape index (κ2) is 3.49. The van der Waals surface area contributed by atoms with Crippen LogP contribution in [0.15, 0.2) is 0 Å². The largest absolute Gasteiger partial charge is 0.392 e. The first-order chi connectivity index (χ1) is 6.60. The van der Waals surface area contributed by atoms with Crippen molar-refractivity contribution in [1.29, 1.82) is 0 Å². The van der Waals surface area contributed by atoms with Crippen molar-refractivity contribution in [3.63, 3.8) is 0 Å². The van der Waals surface area contributed by atoms with Crippen molar-refractivity contribution in [2.75, 3.05) is 6.54 Å². The molecule has 0 radical (unpaired) electrons. The molecule has 4 unspecified atom stereocenters. The Labute approximate surface area is 86.9 Å². The van der Waals surface area contributed by atoms with Gasteiger partial charge in [0.15, 0.2) is 0 Å². The Morgan fingerprint density at radius 2 is 2.14 bits per heavy atom. The van der Waals surface area contributed by atoms with Crippen LogP contribution in [0.2, 0.25) is 0 Å². The summed E-state index contributed by atoms with van der Waals surface area (Å²) >= 11 is 0. The van der Waals surface area contributed by atoms with E-state index < -0.39 is 0 Å². The van der Waals surface area contributed by atoms with Crippen molar-refractivity contribution in [3.05, 3.63) is 0 Å². The van der Waals surface area contributed by atoms with Gasteiger partial charge in [-0.05, 0) is 37.0 Å². The second-order valence-electron chi connectivity index (χ2n) is 5.71. The van der Waals surface area contributed by atoms with Crippen molar-refractivity contribution in [2.24, 2.45) is 28.9 Å². The van der Waals surface area contributed by atoms with Gasteiger partial charge in [-0.2, -0.15) is 0 Å². The summed E-state index contributed by atoms with van der Waals surface area (Å²) in [6.07, 6.45) is 4.97. The van der Waals surface area contributed by atoms with Crippen molar-refractivity contribution < 1.29 is 5.11 Å². The monoisotopic (exact) mass is 197 g/mol. The zero-order chi connectivity index (χ0) is 10.3. The van der Waals surface area contributed by atoms with Gasteiger partial charge in [-0.25, -0.2) is 0 Å². The average molecular weight is 197 g/mol. The van der Waals surface area contributed by atoms with Gasteiger partial charge in [0.05, 0.1) is 6.10 Å². The number of fused-ring (bicyclic) bond motifs is 2. The van der Waals surface area contributed by atoms with Crippen LogP contribution in [0.1, 0.15) is 39.5 Å². The molecule has 2 fully saturated rings. The van der Waals surface area contributed by atoms with E-state index in [-0.39, 0.29) is 11.5 Å². The number of aliphatic hydroxyl groups is 1. The molecule has 14 heavy (non-hydrogen) atoms. The van der Waals surface area contributed by atoms with Crippen LogP contribution < -0.4 is 5.73 Å². The van der Waals surface area contributed by atoms with Crippen LogP contribution >= 0.6 is 0 Å². The summed E-state index contributed by atoms with van der Waals surface area (Å²) in [5.74, 6) is 1.91. The highest BCUT2D eigenvalue weighted by molar-refractivity contribution is 5.04. The molecule has 82 valence electrons. The van der Waals surface area contributed by atoms with Gasteiger partial charge in [0, 0.05) is 12.0 Å². The van der Waals surface area contributed by atoms with Crippen LogP contribution in [-0.4, -0.2) is 17.8 Å². The summed E-state index contributed by atoms with van der Waals surface area (Å²) in [7, 11) is 0. The number of nitrogens with two attached hydrogens (primary N) is 1. The van der Waals surface area contributed by atoms with Crippen LogP contribution in [0, 0.1) is 23.2 Å². The Bertz CT molecular complexity index is 216. The first-order valence-corrected chi connectivity index (χ1v) is 5.98. The predicted octanol–water partition coefficient (Wildman–Crippen LogP) is 1.77. The summed E-state index contributed by atoms with van der Waals surface area (Å²) in [6.45, 7) is 4.88. The van der Waals surface area contributed by atoms with Gasteiger partial charge >= 0.3 is 0 Å². The zero-order valence-corrected chi connectivity index (χ0v) is 9.37. The Morgan fingerprint density at radius 3 is 2.50 bits per heavy atom. The number of rotatable bonds is 3. The Morgan fingerprint density at radius 1 is 1.43 bits per heavy atom. The van der Waals surface area contributed by atoms with Crippen molar-refractivity contribution in [3.8, 4) is 0 Å². The van der Waals surface area contributed by atoms with Crippen LogP contribution in [0.25, 0.3) is 0 Å². The minimum atomic E-state index is -0.192. The van der Waals surface area contributed by atoms with E-state index in [0.717, 1.165) is 5.92 Å². The fraction of sp³-hybridized carbons (Fsp3) is 1.00. The van der Waals surface area contributed by atoms with Gasteiger partial charge in [-0.3, -0.25) is 0 Å². The van der Waals surface area contributed by atoms with Crippen LogP contribution in [0.5, 0.6) is 0 Å². The molecule has 2 bridgehead atoms. The molecular formula is C12H23NO. The molecule has 0 aromatic carbocycles. The SMILES string of the molecule is CC(C)C(O)C1(CN)CC2CCC1C2. The number of aliphatic hydroxyl groups excluding tert-OH is 1. The molecule has 2 nitrogen and oxygen atoms in total. The Kier molecular flexibility index (Phi) is 2.61. The third-order valence-corrected chi connectivity index (χ3v) is 4.62. The maximum Gasteiger partial charge on any atom is 0.0634 e. The summed E-state index contributed by atoms with van der Waals surface area (Å²) in [5, 5.41) is 10.3. The standard InChI is InChI=1S/C12H23NO/c1-8(2)11(14)12(7-13)6-9-3-4-10(12)5-9/h8-11,14H,3-7,13H2,1-2H3. The smallest absolute Gasteiger partial charge is 0.0634 e. The molecule has 0 aromatic rings. The molecule has 2 rings (SSSR count). The maximum atomic E-state index is 10.3. The number of hydrogen-bond donors (Lipinski definition) is 2. The highest BCUT2D eigenvalue weighted by Crippen LogP contribution is 2.57. The maximum absolute atomic E-state index is 10.3. The normalized spacial score (nSPS) is 43.5. The molecule has 0 aliphatic heterocycles. The zero-order valence-electron chi connectivity index (χ0n) is 9.37. The van der Waals surface area contributed by atoms with E-state index >= 15 is 0 Å². The van der Waals surface area contributed by atoms with Gasteiger partial charge in [0.1, 0.15) is 0 Å². The van der Waals surface area contributed by atoms with E-state index in [1.165, 1.54) is 25.7 Å². The lowest BCUT2D eigenvalue weighted by Crippen LogP contribution is -2.48. The minimum Gasteiger partial charge on any atom is -0.392 e. The average Bonchev–Trinajstić information content (AvgIpc) is 2.75. The van der Waals surface area contributed by atoms with Gasteiger partial charge in [0.2, 0.25) is 0 Å². The lowest BCUT2D eigenvalue weighted by atomic mass is 9.66. The van der Waals surface area contributed by atoms with Crippen LogP contribution in [0.4, 0.5) is 0 Å². The second-order valence-corrected chi connectivity index (χ2v) is 5.71. The summed E-state index contributed by atoms with van der Waals surface area (Å²) in [6, 6.07) is 0. The third-order valence-electron chi connectivity index (χ3n) is 4.62. The molecule has 0 saturated heterocycles. The third kappa shape index (κ3) is 1.31. The van der Waals surface area contributed by atoms with Gasteiger partial charge in [0.25, 0.3) is 0 Å². The summed E-state index contributed by atoms with van der Waals surface area (Å²) in [4.78, 5) is 0. The van der Waals surface area contributed by atoms with Crippen LogP contribution in [-0.2, 0) is 0 Å². The molecular weight excluding hydrogens is 174 g/mol. The molecule has 2 aliphatic carbocycles. The first-order valence-electron chi connectivity index (χ1n) is 5.98. The molecule has 2 saturated carbocycles. The van der Waals surface area contributed by atoms with Crippen molar-refractivity contribution >= 4 is 0 Å². The highest BCUT2D eigenvalue weighted by Gasteiger charge is 2.54. The lowest BCUT2D eigenvalue weighted by molar-refractivity contribution is -0.0392. The summed E-state index contributed by atoms with van der Waals surface area (Å²) < 4.78 is 0. The highest BCUT2D eigenvalue weighted by atomic mass is 16.3. The minimum absolute atomic E-state index is 0.0666. The fourth-order valence-corrected chi connectivity index (χ4v) is 3.88. The van der Waals surface area contributed by atoms with E-state index in [9.17, 15) is 5.11 Å². The van der Waals surface area contributed by atoms with Crippen molar-refractivity contribution in [2.45, 2.75) is 45.6 Å². The topological polar surface area (TPSA) is 46.2 Å². The fourth-order valence-electron chi connectivity index (χ4n) is 3.88. The lowest BCUT2D eigenvalue weighted by Gasteiger charge is -2.42. The van der Waals surface area contributed by atoms with Crippen molar-refractivity contribution in [1.82, 2.24) is 0 Å². The van der Waals surface area contributed by atoms with E-state index in [0.29, 0.717) is 18.4 Å². The molecule has 2 aliphatic rings. The molecule has 3 N–H and O–H groups in total. The molecule has 0 heterocycles. The Hall–Kier alpha value is -0.0800. The molecule has 4 atom stereocenters. The Balaban J connectivity index is 2.18. The van der Waals surface area contributed by atoms with E-state index in [1.54, 1.807) is 0 Å².